The molecule has 0 aliphatic rings. The van der Waals surface area contributed by atoms with Crippen LogP contribution in [0.15, 0.2) is 48.5 Å². The Morgan fingerprint density at radius 2 is 1.89 bits per heavy atom. The lowest BCUT2D eigenvalue weighted by atomic mass is 10.3. The Bertz CT molecular complexity index is 735. The number of nitrogens with one attached hydrogen (secondary N) is 1. The number of ether oxygens (including phenoxy) is 1. The number of aromatic nitrogens is 2. The van der Waals surface area contributed by atoms with Crippen LogP contribution in [0.4, 0.5) is 0 Å². The highest BCUT2D eigenvalue weighted by Gasteiger charge is 2.09. The summed E-state index contributed by atoms with van der Waals surface area (Å²) in [5.41, 5.74) is 1.23. The molecule has 0 aliphatic carbocycles. The van der Waals surface area contributed by atoms with Crippen molar-refractivity contribution >= 4 is 17.0 Å². The minimum Gasteiger partial charge on any atom is -0.475 e. The van der Waals surface area contributed by atoms with E-state index in [2.05, 4.69) is 9.97 Å². The number of aromatic amines is 1. The summed E-state index contributed by atoms with van der Waals surface area (Å²) < 4.78 is 5.66. The fraction of sp³-hybridized carbons (Fsp3) is 0. The van der Waals surface area contributed by atoms with E-state index in [-0.39, 0.29) is 5.82 Å². The van der Waals surface area contributed by atoms with Crippen molar-refractivity contribution in [1.29, 1.82) is 0 Å². The molecule has 0 saturated heterocycles. The number of aromatic carboxylic acids is 1. The number of hydrogen-bond acceptors (Lipinski definition) is 3. The molecule has 0 saturated carbocycles. The molecule has 0 atom stereocenters. The van der Waals surface area contributed by atoms with Gasteiger partial charge in [-0.3, -0.25) is 0 Å². The normalized spacial score (nSPS) is 10.5. The monoisotopic (exact) mass is 254 g/mol. The minimum absolute atomic E-state index is 0.0770. The lowest BCUT2D eigenvalue weighted by Crippen LogP contribution is -1.97. The van der Waals surface area contributed by atoms with Gasteiger partial charge in [-0.05, 0) is 24.3 Å². The van der Waals surface area contributed by atoms with Gasteiger partial charge in [0.05, 0.1) is 11.0 Å². The molecule has 2 N–H and O–H groups in total. The number of imidazole rings is 1. The van der Waals surface area contributed by atoms with E-state index >= 15 is 0 Å². The molecule has 2 aromatic carbocycles. The third-order valence-corrected chi connectivity index (χ3v) is 2.63. The standard InChI is InChI=1S/C14H10N2O3/c17-14(18)13-15-11-7-6-10(8-12(11)16-13)19-9-4-2-1-3-5-9/h1-8H,(H,15,16)(H,17,18). The lowest BCUT2D eigenvalue weighted by Gasteiger charge is -2.04. The first-order valence-electron chi connectivity index (χ1n) is 5.68. The largest absolute Gasteiger partial charge is 0.475 e. The molecule has 1 heterocycles. The summed E-state index contributed by atoms with van der Waals surface area (Å²) in [6.45, 7) is 0. The molecule has 5 nitrogen and oxygen atoms in total. The Morgan fingerprint density at radius 3 is 2.63 bits per heavy atom. The van der Waals surface area contributed by atoms with Crippen molar-refractivity contribution in [3.8, 4) is 11.5 Å². The van der Waals surface area contributed by atoms with Gasteiger partial charge in [0.2, 0.25) is 5.82 Å². The predicted octanol–water partition coefficient (Wildman–Crippen LogP) is 3.05. The molecular formula is C14H10N2O3. The van der Waals surface area contributed by atoms with Crippen molar-refractivity contribution < 1.29 is 14.6 Å². The van der Waals surface area contributed by atoms with Crippen molar-refractivity contribution in [3.63, 3.8) is 0 Å². The summed E-state index contributed by atoms with van der Waals surface area (Å²) in [5, 5.41) is 8.87. The van der Waals surface area contributed by atoms with Crippen LogP contribution >= 0.6 is 0 Å². The van der Waals surface area contributed by atoms with Crippen molar-refractivity contribution in [1.82, 2.24) is 9.97 Å². The zero-order valence-corrected chi connectivity index (χ0v) is 9.83. The maximum atomic E-state index is 10.8. The molecule has 0 amide bonds. The summed E-state index contributed by atoms with van der Waals surface area (Å²) >= 11 is 0. The Balaban J connectivity index is 1.95. The second kappa shape index (κ2) is 4.45. The molecule has 1 aromatic heterocycles. The smallest absolute Gasteiger partial charge is 0.371 e. The number of fused-ring (bicyclic) bond motifs is 1. The van der Waals surface area contributed by atoms with Gasteiger partial charge >= 0.3 is 5.97 Å². The molecular weight excluding hydrogens is 244 g/mol. The van der Waals surface area contributed by atoms with Crippen molar-refractivity contribution in [2.75, 3.05) is 0 Å². The number of carboxylic acids is 1. The van der Waals surface area contributed by atoms with Crippen LogP contribution in [-0.2, 0) is 0 Å². The van der Waals surface area contributed by atoms with Crippen LogP contribution < -0.4 is 4.74 Å². The summed E-state index contributed by atoms with van der Waals surface area (Å²) in [5.74, 6) is 0.188. The van der Waals surface area contributed by atoms with E-state index < -0.39 is 5.97 Å². The second-order valence-electron chi connectivity index (χ2n) is 3.98. The number of carboxylic acid groups (broad SMARTS) is 1. The second-order valence-corrected chi connectivity index (χ2v) is 3.98. The highest BCUT2D eigenvalue weighted by atomic mass is 16.5. The first-order valence-corrected chi connectivity index (χ1v) is 5.68. The van der Waals surface area contributed by atoms with E-state index in [1.807, 2.05) is 30.3 Å². The third-order valence-electron chi connectivity index (χ3n) is 2.63. The Labute approximate surface area is 108 Å². The molecule has 94 valence electrons. The number of carbonyl (C=O) groups is 1. The molecule has 0 aliphatic heterocycles. The molecule has 0 unspecified atom stereocenters. The van der Waals surface area contributed by atoms with E-state index in [1.165, 1.54) is 0 Å². The molecule has 3 rings (SSSR count). The summed E-state index contributed by atoms with van der Waals surface area (Å²) in [4.78, 5) is 17.5. The predicted molar refractivity (Wildman–Crippen MR) is 69.6 cm³/mol. The highest BCUT2D eigenvalue weighted by Crippen LogP contribution is 2.24. The third kappa shape index (κ3) is 2.26. The highest BCUT2D eigenvalue weighted by molar-refractivity contribution is 5.89. The van der Waals surface area contributed by atoms with Crippen LogP contribution in [-0.4, -0.2) is 21.0 Å². The van der Waals surface area contributed by atoms with Gasteiger partial charge in [-0.15, -0.1) is 0 Å². The van der Waals surface area contributed by atoms with Crippen molar-refractivity contribution in [3.05, 3.63) is 54.4 Å². The van der Waals surface area contributed by atoms with Crippen LogP contribution in [0.1, 0.15) is 10.6 Å². The van der Waals surface area contributed by atoms with Gasteiger partial charge in [0.25, 0.3) is 0 Å². The van der Waals surface area contributed by atoms with Gasteiger partial charge < -0.3 is 14.8 Å². The molecule has 0 bridgehead atoms. The Hall–Kier alpha value is -2.82. The maximum Gasteiger partial charge on any atom is 0.371 e. The van der Waals surface area contributed by atoms with E-state index in [0.29, 0.717) is 16.8 Å². The number of nitrogens with zero attached hydrogens (tertiary/aromatic N) is 1. The summed E-state index contributed by atoms with van der Waals surface area (Å²) in [6.07, 6.45) is 0. The molecule has 5 heteroatoms. The van der Waals surface area contributed by atoms with Crippen LogP contribution in [0.2, 0.25) is 0 Å². The average molecular weight is 254 g/mol. The number of H-pyrrole nitrogens is 1. The Morgan fingerprint density at radius 1 is 1.11 bits per heavy atom. The van der Waals surface area contributed by atoms with Crippen LogP contribution in [0.25, 0.3) is 11.0 Å². The minimum atomic E-state index is -1.08. The van der Waals surface area contributed by atoms with Gasteiger partial charge in [-0.25, -0.2) is 9.78 Å². The van der Waals surface area contributed by atoms with Gasteiger partial charge in [0.1, 0.15) is 11.5 Å². The fourth-order valence-electron chi connectivity index (χ4n) is 1.78. The van der Waals surface area contributed by atoms with E-state index in [9.17, 15) is 4.79 Å². The number of hydrogen-bond donors (Lipinski definition) is 2. The summed E-state index contributed by atoms with van der Waals surface area (Å²) in [6, 6.07) is 14.6. The van der Waals surface area contributed by atoms with Gasteiger partial charge in [0.15, 0.2) is 0 Å². The van der Waals surface area contributed by atoms with Crippen LogP contribution in [0.3, 0.4) is 0 Å². The average Bonchev–Trinajstić information content (AvgIpc) is 2.83. The van der Waals surface area contributed by atoms with Gasteiger partial charge in [0, 0.05) is 6.07 Å². The first kappa shape index (κ1) is 11.3. The molecule has 0 radical (unpaired) electrons. The first-order chi connectivity index (χ1) is 9.22. The zero-order valence-electron chi connectivity index (χ0n) is 9.83. The number of benzene rings is 2. The number of para-hydroxylation sites is 1. The lowest BCUT2D eigenvalue weighted by molar-refractivity contribution is 0.0685. The zero-order chi connectivity index (χ0) is 13.2. The van der Waals surface area contributed by atoms with E-state index in [0.717, 1.165) is 5.75 Å². The fourth-order valence-corrected chi connectivity index (χ4v) is 1.78. The van der Waals surface area contributed by atoms with Gasteiger partial charge in [-0.1, -0.05) is 18.2 Å². The van der Waals surface area contributed by atoms with Gasteiger partial charge in [-0.2, -0.15) is 0 Å². The topological polar surface area (TPSA) is 75.2 Å². The maximum absolute atomic E-state index is 10.8. The molecule has 0 fully saturated rings. The molecule has 19 heavy (non-hydrogen) atoms. The van der Waals surface area contributed by atoms with Crippen molar-refractivity contribution in [2.24, 2.45) is 0 Å². The van der Waals surface area contributed by atoms with E-state index in [1.54, 1.807) is 18.2 Å². The number of rotatable bonds is 3. The van der Waals surface area contributed by atoms with Crippen LogP contribution in [0, 0.1) is 0 Å². The molecule has 0 spiro atoms. The van der Waals surface area contributed by atoms with Crippen LogP contribution in [0.5, 0.6) is 11.5 Å². The Kier molecular flexibility index (Phi) is 2.64. The molecule has 3 aromatic rings. The SMILES string of the molecule is O=C(O)c1nc2ccc(Oc3ccccc3)cc2[nH]1. The summed E-state index contributed by atoms with van der Waals surface area (Å²) in [7, 11) is 0. The van der Waals surface area contributed by atoms with Crippen molar-refractivity contribution in [2.45, 2.75) is 0 Å². The quantitative estimate of drug-likeness (QED) is 0.753. The van der Waals surface area contributed by atoms with E-state index in [4.69, 9.17) is 9.84 Å².